The van der Waals surface area contributed by atoms with Crippen molar-refractivity contribution >= 4 is 11.8 Å². The average Bonchev–Trinajstić information content (AvgIpc) is 2.55. The van der Waals surface area contributed by atoms with Crippen LogP contribution in [0.2, 0.25) is 0 Å². The van der Waals surface area contributed by atoms with Crippen molar-refractivity contribution in [3.05, 3.63) is 36.3 Å². The van der Waals surface area contributed by atoms with Gasteiger partial charge < -0.3 is 15.1 Å². The van der Waals surface area contributed by atoms with E-state index in [1.807, 2.05) is 18.2 Å². The molecule has 21 heavy (non-hydrogen) atoms. The molecule has 3 heterocycles. The SMILES string of the molecule is CN1CCN(c2cnnc(NCc3ccccn3)n2)CC1. The Bertz CT molecular complexity index is 567. The molecule has 0 unspecified atom stereocenters. The molecule has 0 bridgehead atoms. The second kappa shape index (κ2) is 6.45. The van der Waals surface area contributed by atoms with Gasteiger partial charge in [0.1, 0.15) is 0 Å². The number of hydrogen-bond donors (Lipinski definition) is 1. The van der Waals surface area contributed by atoms with Crippen LogP contribution in [0.5, 0.6) is 0 Å². The molecule has 0 radical (unpaired) electrons. The second-order valence-electron chi connectivity index (χ2n) is 5.10. The molecule has 2 aromatic heterocycles. The molecule has 1 N–H and O–H groups in total. The third kappa shape index (κ3) is 3.63. The molecule has 1 aliphatic rings. The lowest BCUT2D eigenvalue weighted by Crippen LogP contribution is -2.44. The maximum atomic E-state index is 4.53. The number of hydrogen-bond acceptors (Lipinski definition) is 7. The summed E-state index contributed by atoms with van der Waals surface area (Å²) in [4.78, 5) is 13.3. The highest BCUT2D eigenvalue weighted by atomic mass is 15.3. The first kappa shape index (κ1) is 13.7. The van der Waals surface area contributed by atoms with E-state index in [9.17, 15) is 0 Å². The van der Waals surface area contributed by atoms with Crippen LogP contribution in [-0.4, -0.2) is 58.3 Å². The molecule has 3 rings (SSSR count). The highest BCUT2D eigenvalue weighted by Gasteiger charge is 2.16. The topological polar surface area (TPSA) is 70.1 Å². The zero-order chi connectivity index (χ0) is 14.5. The first-order valence-electron chi connectivity index (χ1n) is 7.08. The predicted octanol–water partition coefficient (Wildman–Crippen LogP) is 0.630. The zero-order valence-corrected chi connectivity index (χ0v) is 12.1. The maximum Gasteiger partial charge on any atom is 0.245 e. The number of piperazine rings is 1. The van der Waals surface area contributed by atoms with Crippen molar-refractivity contribution in [2.75, 3.05) is 43.4 Å². The van der Waals surface area contributed by atoms with Crippen molar-refractivity contribution in [3.8, 4) is 0 Å². The summed E-state index contributed by atoms with van der Waals surface area (Å²) in [5, 5.41) is 11.2. The molecule has 1 fully saturated rings. The number of aromatic nitrogens is 4. The summed E-state index contributed by atoms with van der Waals surface area (Å²) in [6.07, 6.45) is 3.49. The fourth-order valence-corrected chi connectivity index (χ4v) is 2.23. The molecular weight excluding hydrogens is 266 g/mol. The van der Waals surface area contributed by atoms with Gasteiger partial charge in [-0.2, -0.15) is 10.1 Å². The van der Waals surface area contributed by atoms with Crippen molar-refractivity contribution in [3.63, 3.8) is 0 Å². The van der Waals surface area contributed by atoms with E-state index in [0.717, 1.165) is 37.7 Å². The van der Waals surface area contributed by atoms with Crippen molar-refractivity contribution in [1.82, 2.24) is 25.1 Å². The summed E-state index contributed by atoms with van der Waals surface area (Å²) >= 11 is 0. The van der Waals surface area contributed by atoms with Crippen molar-refractivity contribution in [2.45, 2.75) is 6.54 Å². The van der Waals surface area contributed by atoms with Crippen LogP contribution in [0.3, 0.4) is 0 Å². The van der Waals surface area contributed by atoms with Gasteiger partial charge in [0.05, 0.1) is 18.4 Å². The number of nitrogens with zero attached hydrogens (tertiary/aromatic N) is 6. The van der Waals surface area contributed by atoms with E-state index in [1.165, 1.54) is 0 Å². The normalized spacial score (nSPS) is 16.0. The minimum absolute atomic E-state index is 0.539. The highest BCUT2D eigenvalue weighted by Crippen LogP contribution is 2.13. The zero-order valence-electron chi connectivity index (χ0n) is 12.1. The van der Waals surface area contributed by atoms with Gasteiger partial charge in [-0.25, -0.2) is 0 Å². The minimum atomic E-state index is 0.539. The third-order valence-electron chi connectivity index (χ3n) is 3.53. The van der Waals surface area contributed by atoms with Gasteiger partial charge in [-0.05, 0) is 19.2 Å². The molecule has 7 heteroatoms. The summed E-state index contributed by atoms with van der Waals surface area (Å²) in [6, 6.07) is 5.82. The molecule has 7 nitrogen and oxygen atoms in total. The van der Waals surface area contributed by atoms with E-state index in [4.69, 9.17) is 0 Å². The summed E-state index contributed by atoms with van der Waals surface area (Å²) in [5.41, 5.74) is 0.950. The van der Waals surface area contributed by atoms with Gasteiger partial charge in [0.2, 0.25) is 5.95 Å². The molecule has 0 spiro atoms. The average molecular weight is 285 g/mol. The van der Waals surface area contributed by atoms with E-state index >= 15 is 0 Å². The Morgan fingerprint density at radius 2 is 2.05 bits per heavy atom. The van der Waals surface area contributed by atoms with Crippen molar-refractivity contribution in [2.24, 2.45) is 0 Å². The smallest absolute Gasteiger partial charge is 0.245 e. The molecule has 0 atom stereocenters. The molecule has 0 saturated carbocycles. The van der Waals surface area contributed by atoms with E-state index in [0.29, 0.717) is 12.5 Å². The summed E-state index contributed by atoms with van der Waals surface area (Å²) in [5.74, 6) is 1.42. The van der Waals surface area contributed by atoms with Crippen LogP contribution in [0, 0.1) is 0 Å². The van der Waals surface area contributed by atoms with E-state index in [-0.39, 0.29) is 0 Å². The van der Waals surface area contributed by atoms with Crippen molar-refractivity contribution in [1.29, 1.82) is 0 Å². The molecule has 2 aromatic rings. The minimum Gasteiger partial charge on any atom is -0.353 e. The van der Waals surface area contributed by atoms with Gasteiger partial charge in [-0.1, -0.05) is 6.07 Å². The molecular formula is C14H19N7. The van der Waals surface area contributed by atoms with E-state index in [1.54, 1.807) is 12.4 Å². The fourth-order valence-electron chi connectivity index (χ4n) is 2.23. The Balaban J connectivity index is 1.63. The maximum absolute atomic E-state index is 4.53. The lowest BCUT2D eigenvalue weighted by Gasteiger charge is -2.32. The van der Waals surface area contributed by atoms with Crippen LogP contribution < -0.4 is 10.2 Å². The monoisotopic (exact) mass is 285 g/mol. The van der Waals surface area contributed by atoms with Gasteiger partial charge >= 0.3 is 0 Å². The molecule has 110 valence electrons. The third-order valence-corrected chi connectivity index (χ3v) is 3.53. The Morgan fingerprint density at radius 3 is 2.81 bits per heavy atom. The number of anilines is 2. The standard InChI is InChI=1S/C14H19N7/c1-20-6-8-21(9-7-20)13-11-17-19-14(18-13)16-10-12-4-2-3-5-15-12/h2-5,11H,6-10H2,1H3,(H,16,18,19). The van der Waals surface area contributed by atoms with Crippen LogP contribution in [0.4, 0.5) is 11.8 Å². The van der Waals surface area contributed by atoms with Crippen molar-refractivity contribution < 1.29 is 0 Å². The Morgan fingerprint density at radius 1 is 1.19 bits per heavy atom. The Labute approximate surface area is 124 Å². The lowest BCUT2D eigenvalue weighted by atomic mass is 10.3. The van der Waals surface area contributed by atoms with Gasteiger partial charge in [-0.15, -0.1) is 5.10 Å². The number of rotatable bonds is 4. The first-order chi connectivity index (χ1) is 10.3. The van der Waals surface area contributed by atoms with Crippen LogP contribution >= 0.6 is 0 Å². The number of pyridine rings is 1. The van der Waals surface area contributed by atoms with E-state index in [2.05, 4.69) is 42.3 Å². The fraction of sp³-hybridized carbons (Fsp3) is 0.429. The second-order valence-corrected chi connectivity index (χ2v) is 5.10. The summed E-state index contributed by atoms with van der Waals surface area (Å²) in [7, 11) is 2.13. The molecule has 1 saturated heterocycles. The van der Waals surface area contributed by atoms with Gasteiger partial charge in [0.25, 0.3) is 0 Å². The summed E-state index contributed by atoms with van der Waals surface area (Å²) in [6.45, 7) is 4.61. The highest BCUT2D eigenvalue weighted by molar-refractivity contribution is 5.40. The number of likely N-dealkylation sites (N-methyl/N-ethyl adjacent to an activating group) is 1. The van der Waals surface area contributed by atoms with Gasteiger partial charge in [0.15, 0.2) is 5.82 Å². The van der Waals surface area contributed by atoms with E-state index < -0.39 is 0 Å². The first-order valence-corrected chi connectivity index (χ1v) is 7.08. The van der Waals surface area contributed by atoms with Gasteiger partial charge in [-0.3, -0.25) is 4.98 Å². The molecule has 0 amide bonds. The number of nitrogens with one attached hydrogen (secondary N) is 1. The molecule has 0 aromatic carbocycles. The predicted molar refractivity (Wildman–Crippen MR) is 81.1 cm³/mol. The van der Waals surface area contributed by atoms with Crippen LogP contribution in [0.25, 0.3) is 0 Å². The van der Waals surface area contributed by atoms with Crippen LogP contribution in [-0.2, 0) is 6.54 Å². The van der Waals surface area contributed by atoms with Crippen LogP contribution in [0.15, 0.2) is 30.6 Å². The summed E-state index contributed by atoms with van der Waals surface area (Å²) < 4.78 is 0. The largest absolute Gasteiger partial charge is 0.353 e. The lowest BCUT2D eigenvalue weighted by molar-refractivity contribution is 0.312. The van der Waals surface area contributed by atoms with Crippen LogP contribution in [0.1, 0.15) is 5.69 Å². The van der Waals surface area contributed by atoms with Gasteiger partial charge in [0, 0.05) is 32.4 Å². The Hall–Kier alpha value is -2.28. The quantitative estimate of drug-likeness (QED) is 0.883. The molecule has 1 aliphatic heterocycles. The molecule has 0 aliphatic carbocycles. The Kier molecular flexibility index (Phi) is 4.20.